The molecule has 0 aliphatic heterocycles. The van der Waals surface area contributed by atoms with Crippen molar-refractivity contribution in [2.75, 3.05) is 30.3 Å². The van der Waals surface area contributed by atoms with Gasteiger partial charge >= 0.3 is 0 Å². The Hall–Kier alpha value is -3.13. The fourth-order valence-corrected chi connectivity index (χ4v) is 2.58. The molecule has 2 rings (SSSR count). The van der Waals surface area contributed by atoms with Gasteiger partial charge in [0.15, 0.2) is 0 Å². The topological polar surface area (TPSA) is 104 Å². The lowest BCUT2D eigenvalue weighted by Crippen LogP contribution is -2.42. The summed E-state index contributed by atoms with van der Waals surface area (Å²) in [5, 5.41) is 8.50. The largest absolute Gasteiger partial charge is 0.468 e. The molecule has 0 aliphatic carbocycles. The second-order valence-electron chi connectivity index (χ2n) is 6.33. The van der Waals surface area contributed by atoms with Crippen LogP contribution in [-0.4, -0.2) is 42.3 Å². The number of benzene rings is 1. The number of carbonyl (C=O) groups excluding carboxylic acids is 3. The fourth-order valence-electron chi connectivity index (χ4n) is 2.58. The van der Waals surface area contributed by atoms with Crippen molar-refractivity contribution in [3.8, 4) is 0 Å². The zero-order valence-corrected chi connectivity index (χ0v) is 16.3. The van der Waals surface area contributed by atoms with E-state index in [-0.39, 0.29) is 36.9 Å². The zero-order valence-electron chi connectivity index (χ0n) is 16.3. The predicted molar refractivity (Wildman–Crippen MR) is 107 cm³/mol. The maximum absolute atomic E-state index is 12.4. The van der Waals surface area contributed by atoms with Gasteiger partial charge in [0.25, 0.3) is 0 Å². The second kappa shape index (κ2) is 10.3. The van der Waals surface area contributed by atoms with Gasteiger partial charge in [0, 0.05) is 24.8 Å². The molecule has 28 heavy (non-hydrogen) atoms. The number of hydrogen-bond donors (Lipinski definition) is 3. The molecule has 8 nitrogen and oxygen atoms in total. The van der Waals surface area contributed by atoms with E-state index in [9.17, 15) is 14.4 Å². The van der Waals surface area contributed by atoms with E-state index in [4.69, 9.17) is 4.42 Å². The van der Waals surface area contributed by atoms with Crippen LogP contribution in [-0.2, 0) is 14.4 Å². The number of amides is 3. The summed E-state index contributed by atoms with van der Waals surface area (Å²) in [7, 11) is 0. The highest BCUT2D eigenvalue weighted by atomic mass is 16.3. The van der Waals surface area contributed by atoms with Crippen LogP contribution in [0.4, 0.5) is 11.4 Å². The molecule has 150 valence electrons. The highest BCUT2D eigenvalue weighted by Gasteiger charge is 2.17. The first kappa shape index (κ1) is 21.2. The average Bonchev–Trinajstić information content (AvgIpc) is 3.20. The quantitative estimate of drug-likeness (QED) is 0.614. The van der Waals surface area contributed by atoms with E-state index in [1.165, 1.54) is 11.8 Å². The molecule has 0 radical (unpaired) electrons. The fraction of sp³-hybridized carbons (Fsp3) is 0.350. The molecule has 1 aromatic carbocycles. The predicted octanol–water partition coefficient (Wildman–Crippen LogP) is 2.38. The third-order valence-corrected chi connectivity index (χ3v) is 4.09. The molecule has 1 heterocycles. The molecular weight excluding hydrogens is 360 g/mol. The third-order valence-electron chi connectivity index (χ3n) is 4.09. The Bertz CT molecular complexity index is 787. The summed E-state index contributed by atoms with van der Waals surface area (Å²) < 4.78 is 5.30. The van der Waals surface area contributed by atoms with Crippen LogP contribution in [0.2, 0.25) is 0 Å². The van der Waals surface area contributed by atoms with Gasteiger partial charge in [-0.3, -0.25) is 19.7 Å². The van der Waals surface area contributed by atoms with Crippen LogP contribution in [0.3, 0.4) is 0 Å². The molecule has 1 aromatic heterocycles. The Morgan fingerprint density at radius 3 is 2.25 bits per heavy atom. The van der Waals surface area contributed by atoms with Crippen molar-refractivity contribution in [1.82, 2.24) is 10.2 Å². The molecule has 3 N–H and O–H groups in total. The Morgan fingerprint density at radius 1 is 1.07 bits per heavy atom. The minimum absolute atomic E-state index is 0.0421. The van der Waals surface area contributed by atoms with Gasteiger partial charge < -0.3 is 20.0 Å². The Balaban J connectivity index is 1.82. The van der Waals surface area contributed by atoms with Crippen molar-refractivity contribution in [1.29, 1.82) is 0 Å². The van der Waals surface area contributed by atoms with Crippen molar-refractivity contribution in [2.24, 2.45) is 0 Å². The molecule has 8 heteroatoms. The van der Waals surface area contributed by atoms with Gasteiger partial charge in [-0.2, -0.15) is 0 Å². The van der Waals surface area contributed by atoms with Crippen LogP contribution < -0.4 is 16.0 Å². The van der Waals surface area contributed by atoms with E-state index in [1.807, 2.05) is 19.9 Å². The number of likely N-dealkylation sites (N-methyl/N-ethyl adjacent to an activating group) is 1. The lowest BCUT2D eigenvalue weighted by atomic mass is 10.2. The maximum Gasteiger partial charge on any atom is 0.243 e. The molecule has 1 atom stereocenters. The Labute approximate surface area is 164 Å². The molecule has 0 saturated carbocycles. The number of carbonyl (C=O) groups is 3. The van der Waals surface area contributed by atoms with Gasteiger partial charge in [0.2, 0.25) is 17.7 Å². The van der Waals surface area contributed by atoms with Crippen molar-refractivity contribution < 1.29 is 18.8 Å². The summed E-state index contributed by atoms with van der Waals surface area (Å²) in [4.78, 5) is 37.2. The van der Waals surface area contributed by atoms with Gasteiger partial charge in [0.1, 0.15) is 5.76 Å². The maximum atomic E-state index is 12.4. The smallest absolute Gasteiger partial charge is 0.243 e. The minimum Gasteiger partial charge on any atom is -0.468 e. The molecule has 3 amide bonds. The van der Waals surface area contributed by atoms with Crippen LogP contribution >= 0.6 is 0 Å². The minimum atomic E-state index is -0.290. The summed E-state index contributed by atoms with van der Waals surface area (Å²) in [6, 6.07) is 10.3. The zero-order chi connectivity index (χ0) is 20.5. The first-order valence-electron chi connectivity index (χ1n) is 9.11. The van der Waals surface area contributed by atoms with Crippen molar-refractivity contribution in [3.63, 3.8) is 0 Å². The summed E-state index contributed by atoms with van der Waals surface area (Å²) in [6.45, 7) is 5.64. The number of rotatable bonds is 9. The van der Waals surface area contributed by atoms with Gasteiger partial charge in [0.05, 0.1) is 25.4 Å². The third kappa shape index (κ3) is 6.55. The van der Waals surface area contributed by atoms with Crippen LogP contribution in [0.1, 0.15) is 32.6 Å². The first-order chi connectivity index (χ1) is 13.4. The first-order valence-corrected chi connectivity index (χ1v) is 9.11. The standard InChI is InChI=1S/C20H26N4O4/c1-4-24(20(27)12-21-14(2)18-6-5-11-28-18)13-19(26)23-17-9-7-16(8-10-17)22-15(3)25/h5-11,14,21H,4,12-13H2,1-3H3,(H,22,25)(H,23,26)/t14-/m0/s1. The number of hydrogen-bond acceptors (Lipinski definition) is 5. The van der Waals surface area contributed by atoms with Crippen molar-refractivity contribution in [2.45, 2.75) is 26.8 Å². The van der Waals surface area contributed by atoms with E-state index in [2.05, 4.69) is 16.0 Å². The van der Waals surface area contributed by atoms with E-state index in [1.54, 1.807) is 36.6 Å². The summed E-state index contributed by atoms with van der Waals surface area (Å²) in [5.41, 5.74) is 1.24. The molecule has 2 aromatic rings. The lowest BCUT2D eigenvalue weighted by Gasteiger charge is -2.21. The van der Waals surface area contributed by atoms with Gasteiger partial charge in [-0.25, -0.2) is 0 Å². The van der Waals surface area contributed by atoms with Crippen LogP contribution in [0, 0.1) is 0 Å². The summed E-state index contributed by atoms with van der Waals surface area (Å²) in [6.07, 6.45) is 1.58. The van der Waals surface area contributed by atoms with Crippen molar-refractivity contribution in [3.05, 3.63) is 48.4 Å². The lowest BCUT2D eigenvalue weighted by molar-refractivity contribution is -0.133. The average molecular weight is 386 g/mol. The molecule has 0 aliphatic rings. The van der Waals surface area contributed by atoms with Crippen molar-refractivity contribution >= 4 is 29.1 Å². The number of nitrogens with one attached hydrogen (secondary N) is 3. The number of furan rings is 1. The molecule has 0 bridgehead atoms. The van der Waals surface area contributed by atoms with E-state index in [0.717, 1.165) is 5.76 Å². The highest BCUT2D eigenvalue weighted by molar-refractivity contribution is 5.95. The second-order valence-corrected chi connectivity index (χ2v) is 6.33. The highest BCUT2D eigenvalue weighted by Crippen LogP contribution is 2.14. The van der Waals surface area contributed by atoms with E-state index >= 15 is 0 Å². The SMILES string of the molecule is CCN(CC(=O)Nc1ccc(NC(C)=O)cc1)C(=O)CN[C@@H](C)c1ccco1. The molecule has 0 unspecified atom stereocenters. The number of nitrogens with zero attached hydrogens (tertiary/aromatic N) is 1. The molecule has 0 spiro atoms. The van der Waals surface area contributed by atoms with Crippen LogP contribution in [0.25, 0.3) is 0 Å². The molecular formula is C20H26N4O4. The normalized spacial score (nSPS) is 11.5. The number of anilines is 2. The van der Waals surface area contributed by atoms with E-state index < -0.39 is 0 Å². The molecule has 0 fully saturated rings. The Kier molecular flexibility index (Phi) is 7.76. The molecule has 0 saturated heterocycles. The van der Waals surface area contributed by atoms with E-state index in [0.29, 0.717) is 17.9 Å². The van der Waals surface area contributed by atoms with Gasteiger partial charge in [-0.05, 0) is 50.2 Å². The summed E-state index contributed by atoms with van der Waals surface area (Å²) in [5.74, 6) is 0.124. The van der Waals surface area contributed by atoms with Crippen LogP contribution in [0.15, 0.2) is 47.1 Å². The summed E-state index contributed by atoms with van der Waals surface area (Å²) >= 11 is 0. The van der Waals surface area contributed by atoms with Crippen LogP contribution in [0.5, 0.6) is 0 Å². The van der Waals surface area contributed by atoms with Gasteiger partial charge in [-0.15, -0.1) is 0 Å². The monoisotopic (exact) mass is 386 g/mol. The van der Waals surface area contributed by atoms with Gasteiger partial charge in [-0.1, -0.05) is 0 Å². The Morgan fingerprint density at radius 2 is 1.71 bits per heavy atom.